The number of nitrogens with one attached hydrogen (secondary N) is 1. The number of carbonyl (C=O) groups is 1. The molecule has 31 heavy (non-hydrogen) atoms. The van der Waals surface area contributed by atoms with Crippen molar-refractivity contribution < 1.29 is 4.79 Å². The molecule has 0 saturated heterocycles. The Hall–Kier alpha value is -2.97. The van der Waals surface area contributed by atoms with Gasteiger partial charge in [0.2, 0.25) is 5.91 Å². The van der Waals surface area contributed by atoms with Crippen LogP contribution in [0, 0.1) is 0 Å². The number of carbonyl (C=O) groups excluding carboxylic acids is 1. The van der Waals surface area contributed by atoms with E-state index in [1.54, 1.807) is 11.3 Å². The highest BCUT2D eigenvalue weighted by Gasteiger charge is 2.15. The number of nitrogens with zero attached hydrogens (tertiary/aromatic N) is 4. The Morgan fingerprint density at radius 1 is 1.10 bits per heavy atom. The molecule has 0 aliphatic heterocycles. The first-order valence-electron chi connectivity index (χ1n) is 10.0. The number of rotatable bonds is 8. The van der Waals surface area contributed by atoms with E-state index in [9.17, 15) is 4.79 Å². The first-order valence-corrected chi connectivity index (χ1v) is 11.8. The molecule has 0 unspecified atom stereocenters. The lowest BCUT2D eigenvalue weighted by atomic mass is 10.1. The van der Waals surface area contributed by atoms with Crippen molar-refractivity contribution in [1.29, 1.82) is 0 Å². The Labute approximate surface area is 189 Å². The van der Waals surface area contributed by atoms with Gasteiger partial charge in [0.05, 0.1) is 5.75 Å². The van der Waals surface area contributed by atoms with Gasteiger partial charge < -0.3 is 10.2 Å². The number of fused-ring (bicyclic) bond motifs is 1. The zero-order valence-electron chi connectivity index (χ0n) is 17.4. The van der Waals surface area contributed by atoms with Crippen LogP contribution in [0.3, 0.4) is 0 Å². The third-order valence-electron chi connectivity index (χ3n) is 4.75. The minimum absolute atomic E-state index is 0.0522. The number of thioether (sulfide) groups is 1. The third kappa shape index (κ3) is 5.21. The molecule has 4 aromatic rings. The smallest absolute Gasteiger partial charge is 0.234 e. The molecule has 0 spiro atoms. The van der Waals surface area contributed by atoms with Gasteiger partial charge in [0.25, 0.3) is 0 Å². The maximum atomic E-state index is 12.5. The number of aryl methyl sites for hydroxylation is 1. The highest BCUT2D eigenvalue weighted by molar-refractivity contribution is 8.00. The third-order valence-corrected chi connectivity index (χ3v) is 7.03. The highest BCUT2D eigenvalue weighted by Crippen LogP contribution is 2.33. The average Bonchev–Trinajstić information content (AvgIpc) is 3.24. The Morgan fingerprint density at radius 2 is 1.87 bits per heavy atom. The molecular formula is C23H23N5OS2. The summed E-state index contributed by atoms with van der Waals surface area (Å²) in [6.07, 6.45) is 2.38. The van der Waals surface area contributed by atoms with Crippen LogP contribution in [0.2, 0.25) is 0 Å². The summed E-state index contributed by atoms with van der Waals surface area (Å²) >= 11 is 2.96. The topological polar surface area (TPSA) is 71.0 Å². The molecule has 6 nitrogen and oxygen atoms in total. The molecule has 1 N–H and O–H groups in total. The number of hydrogen-bond donors (Lipinski definition) is 1. The van der Waals surface area contributed by atoms with Gasteiger partial charge in [-0.25, -0.2) is 9.97 Å². The molecule has 0 aliphatic rings. The fraction of sp³-hybridized carbons (Fsp3) is 0.217. The molecule has 0 aliphatic carbocycles. The lowest BCUT2D eigenvalue weighted by Crippen LogP contribution is -2.15. The number of hydrogen-bond acceptors (Lipinski definition) is 7. The van der Waals surface area contributed by atoms with Crippen molar-refractivity contribution in [3.63, 3.8) is 0 Å². The van der Waals surface area contributed by atoms with Gasteiger partial charge in [-0.05, 0) is 23.6 Å². The quantitative estimate of drug-likeness (QED) is 0.301. The largest absolute Gasteiger partial charge is 0.347 e. The molecule has 1 amide bonds. The lowest BCUT2D eigenvalue weighted by Gasteiger charge is -2.15. The van der Waals surface area contributed by atoms with E-state index in [-0.39, 0.29) is 11.7 Å². The summed E-state index contributed by atoms with van der Waals surface area (Å²) in [6, 6.07) is 18.1. The van der Waals surface area contributed by atoms with E-state index in [4.69, 9.17) is 0 Å². The maximum Gasteiger partial charge on any atom is 0.234 e. The van der Waals surface area contributed by atoms with E-state index in [0.29, 0.717) is 5.65 Å². The number of benzene rings is 2. The van der Waals surface area contributed by atoms with Crippen molar-refractivity contribution in [3.8, 4) is 0 Å². The highest BCUT2D eigenvalue weighted by atomic mass is 32.2. The predicted octanol–water partition coefficient (Wildman–Crippen LogP) is 5.02. The summed E-state index contributed by atoms with van der Waals surface area (Å²) in [7, 11) is 2.02. The van der Waals surface area contributed by atoms with E-state index in [1.807, 2.05) is 49.5 Å². The second-order valence-corrected chi connectivity index (χ2v) is 8.96. The van der Waals surface area contributed by atoms with Crippen molar-refractivity contribution in [2.24, 2.45) is 0 Å². The van der Waals surface area contributed by atoms with Crippen LogP contribution >= 0.6 is 23.1 Å². The lowest BCUT2D eigenvalue weighted by molar-refractivity contribution is -0.113. The Morgan fingerprint density at radius 3 is 2.68 bits per heavy atom. The first kappa shape index (κ1) is 21.3. The maximum absolute atomic E-state index is 12.5. The van der Waals surface area contributed by atoms with Gasteiger partial charge in [0.1, 0.15) is 16.1 Å². The standard InChI is InChI=1S/C23H23N5OS2/c1-3-17-11-7-8-12-18(17)26-19(29)14-30-22-20-21(24-15-25-22)27-23(31-20)28(2)13-16-9-5-4-6-10-16/h4-12,15H,3,13-14H2,1-2H3,(H,26,29). The summed E-state index contributed by atoms with van der Waals surface area (Å²) in [5, 5.41) is 4.66. The van der Waals surface area contributed by atoms with Crippen molar-refractivity contribution in [2.45, 2.75) is 24.9 Å². The summed E-state index contributed by atoms with van der Waals surface area (Å²) in [5.74, 6) is 0.223. The van der Waals surface area contributed by atoms with Crippen LogP contribution in [0.15, 0.2) is 66.0 Å². The van der Waals surface area contributed by atoms with Gasteiger partial charge in [-0.2, -0.15) is 4.98 Å². The van der Waals surface area contributed by atoms with E-state index in [0.717, 1.165) is 39.1 Å². The van der Waals surface area contributed by atoms with Gasteiger partial charge in [0, 0.05) is 19.3 Å². The second-order valence-electron chi connectivity index (χ2n) is 7.02. The fourth-order valence-corrected chi connectivity index (χ4v) is 5.03. The molecule has 0 fully saturated rings. The summed E-state index contributed by atoms with van der Waals surface area (Å²) < 4.78 is 0.907. The van der Waals surface area contributed by atoms with Crippen molar-refractivity contribution in [1.82, 2.24) is 15.0 Å². The molecule has 0 atom stereocenters. The van der Waals surface area contributed by atoms with E-state index in [1.165, 1.54) is 23.7 Å². The molecule has 2 heterocycles. The van der Waals surface area contributed by atoms with Crippen LogP contribution in [-0.4, -0.2) is 33.7 Å². The van der Waals surface area contributed by atoms with Crippen molar-refractivity contribution >= 4 is 50.2 Å². The minimum Gasteiger partial charge on any atom is -0.347 e. The van der Waals surface area contributed by atoms with Crippen LogP contribution in [0.4, 0.5) is 10.8 Å². The number of thiazole rings is 1. The average molecular weight is 450 g/mol. The fourth-order valence-electron chi connectivity index (χ4n) is 3.18. The number of anilines is 2. The van der Waals surface area contributed by atoms with Crippen LogP contribution in [0.5, 0.6) is 0 Å². The van der Waals surface area contributed by atoms with Crippen LogP contribution in [-0.2, 0) is 17.8 Å². The van der Waals surface area contributed by atoms with Gasteiger partial charge in [-0.1, -0.05) is 78.6 Å². The van der Waals surface area contributed by atoms with E-state index >= 15 is 0 Å². The molecule has 0 bridgehead atoms. The van der Waals surface area contributed by atoms with E-state index in [2.05, 4.69) is 44.2 Å². The second kappa shape index (κ2) is 9.89. The molecular weight excluding hydrogens is 426 g/mol. The van der Waals surface area contributed by atoms with Gasteiger partial charge in [0.15, 0.2) is 10.8 Å². The minimum atomic E-state index is -0.0522. The molecule has 158 valence electrons. The van der Waals surface area contributed by atoms with Gasteiger partial charge >= 0.3 is 0 Å². The van der Waals surface area contributed by atoms with Gasteiger partial charge in [-0.15, -0.1) is 0 Å². The van der Waals surface area contributed by atoms with Crippen LogP contribution in [0.25, 0.3) is 10.3 Å². The van der Waals surface area contributed by atoms with Crippen LogP contribution < -0.4 is 10.2 Å². The number of aromatic nitrogens is 3. The number of para-hydroxylation sites is 1. The van der Waals surface area contributed by atoms with Gasteiger partial charge in [-0.3, -0.25) is 4.79 Å². The Kier molecular flexibility index (Phi) is 6.79. The summed E-state index contributed by atoms with van der Waals surface area (Å²) in [5.41, 5.74) is 3.87. The van der Waals surface area contributed by atoms with Crippen molar-refractivity contribution in [3.05, 3.63) is 72.1 Å². The number of amides is 1. The summed E-state index contributed by atoms with van der Waals surface area (Å²) in [4.78, 5) is 28.0. The van der Waals surface area contributed by atoms with E-state index < -0.39 is 0 Å². The van der Waals surface area contributed by atoms with Crippen LogP contribution in [0.1, 0.15) is 18.1 Å². The Bertz CT molecular complexity index is 1180. The normalized spacial score (nSPS) is 10.9. The molecule has 4 rings (SSSR count). The molecule has 8 heteroatoms. The Balaban J connectivity index is 1.45. The summed E-state index contributed by atoms with van der Waals surface area (Å²) in [6.45, 7) is 2.84. The monoisotopic (exact) mass is 449 g/mol. The SMILES string of the molecule is CCc1ccccc1NC(=O)CSc1ncnc2nc(N(C)Cc3ccccc3)sc12. The zero-order chi connectivity index (χ0) is 21.6. The molecule has 2 aromatic heterocycles. The molecule has 0 saturated carbocycles. The zero-order valence-corrected chi connectivity index (χ0v) is 19.0. The first-order chi connectivity index (χ1) is 15.1. The molecule has 0 radical (unpaired) electrons. The predicted molar refractivity (Wildman–Crippen MR) is 129 cm³/mol. The van der Waals surface area contributed by atoms with Crippen molar-refractivity contribution in [2.75, 3.05) is 23.0 Å². The molecule has 2 aromatic carbocycles.